The first-order chi connectivity index (χ1) is 44.5. The maximum absolute atomic E-state index is 13.9. The Balaban J connectivity index is 1.75. The van der Waals surface area contributed by atoms with E-state index in [2.05, 4.69) is 86.7 Å². The zero-order valence-electron chi connectivity index (χ0n) is 52.0. The van der Waals surface area contributed by atoms with Gasteiger partial charge in [0.2, 0.25) is 65.0 Å². The van der Waals surface area contributed by atoms with Crippen LogP contribution in [-0.4, -0.2) is 247 Å². The number of carboxylic acid groups (broad SMARTS) is 1. The van der Waals surface area contributed by atoms with Crippen molar-refractivity contribution in [2.45, 2.75) is 128 Å². The summed E-state index contributed by atoms with van der Waals surface area (Å²) in [4.78, 5) is 198. The minimum Gasteiger partial charge on any atom is -0.495 e. The number of nitrogens with one attached hydrogen (secondary N) is 11. The maximum atomic E-state index is 13.9. The SMILES string of the molecule is COc1cc2oc(=O)cc(COC(=O)Nc3ccn(CC(=O)N(CCNC(=O)CNC(=O)[C@H](C)NC(=O)[C@@H](N)[C@@H](C)O)CC(=O)N[C@H](C(=O)NCC(=O)N[C@H](C(=O)N[C@H](C(=O)N[C@H](C(=O)N[C@@H](CS)C(=O)NCC(=O)O)[C@@H](C)O)[C@@H](C)O)[C@@H](C)O)[C@@H](C)O)c(=O)n3)c2cc1Br. The number of rotatable bonds is 36. The monoisotopic (exact) mass is 1430 g/mol. The van der Waals surface area contributed by atoms with Gasteiger partial charge in [0.1, 0.15) is 79.1 Å². The fraction of sp³-hybridized carbons (Fsp3) is 0.519. The molecule has 2 heterocycles. The molecule has 95 heavy (non-hydrogen) atoms. The first-order valence-corrected chi connectivity index (χ1v) is 29.9. The van der Waals surface area contributed by atoms with Crippen LogP contribution in [0.3, 0.4) is 0 Å². The fourth-order valence-electron chi connectivity index (χ4n) is 7.99. The highest BCUT2D eigenvalue weighted by Gasteiger charge is 2.37. The van der Waals surface area contributed by atoms with Crippen LogP contribution in [0, 0.1) is 0 Å². The Bertz CT molecular complexity index is 3420. The summed E-state index contributed by atoms with van der Waals surface area (Å²) < 4.78 is 17.0. The molecule has 0 fully saturated rings. The highest BCUT2D eigenvalue weighted by molar-refractivity contribution is 9.10. The second kappa shape index (κ2) is 38.1. The topological polar surface area (TPSA) is 588 Å². The number of halogens is 1. The van der Waals surface area contributed by atoms with Crippen LogP contribution in [0.25, 0.3) is 11.0 Å². The summed E-state index contributed by atoms with van der Waals surface area (Å²) in [6.45, 7) is 0.838. The Morgan fingerprint density at radius 2 is 1.20 bits per heavy atom. The van der Waals surface area contributed by atoms with Crippen molar-refractivity contribution in [3.05, 3.63) is 61.4 Å². The minimum absolute atomic E-state index is 0.121. The highest BCUT2D eigenvalue weighted by Crippen LogP contribution is 2.31. The van der Waals surface area contributed by atoms with Crippen LogP contribution in [0.1, 0.15) is 47.1 Å². The number of methoxy groups -OCH3 is 1. The van der Waals surface area contributed by atoms with Gasteiger partial charge in [-0.1, -0.05) is 0 Å². The molecule has 19 N–H and O–H groups in total. The number of nitrogens with two attached hydrogens (primary N) is 1. The van der Waals surface area contributed by atoms with Gasteiger partial charge in [0.05, 0.1) is 61.7 Å². The largest absolute Gasteiger partial charge is 0.495 e. The summed E-state index contributed by atoms with van der Waals surface area (Å²) in [7, 11) is 1.40. The van der Waals surface area contributed by atoms with E-state index in [1.807, 2.05) is 5.32 Å². The third-order valence-electron chi connectivity index (χ3n) is 13.2. The summed E-state index contributed by atoms with van der Waals surface area (Å²) in [5, 5.41) is 84.7. The van der Waals surface area contributed by atoms with Gasteiger partial charge in [-0.05, 0) is 69.6 Å². The Hall–Kier alpha value is -9.39. The molecule has 3 aromatic rings. The van der Waals surface area contributed by atoms with E-state index in [1.54, 1.807) is 6.07 Å². The quantitative estimate of drug-likeness (QED) is 0.0190. The Morgan fingerprint density at radius 3 is 1.75 bits per heavy atom. The molecule has 1 aromatic carbocycles. The molecular weight excluding hydrogens is 1350 g/mol. The van der Waals surface area contributed by atoms with Crippen molar-refractivity contribution in [1.29, 1.82) is 0 Å². The molecule has 0 spiro atoms. The third-order valence-corrected chi connectivity index (χ3v) is 14.2. The lowest BCUT2D eigenvalue weighted by molar-refractivity contribution is -0.139. The van der Waals surface area contributed by atoms with Crippen molar-refractivity contribution >= 4 is 122 Å². The van der Waals surface area contributed by atoms with E-state index in [0.29, 0.717) is 15.6 Å². The van der Waals surface area contributed by atoms with Crippen LogP contribution in [-0.2, 0) is 75.4 Å². The Morgan fingerprint density at radius 1 is 0.663 bits per heavy atom. The molecule has 0 aliphatic rings. The van der Waals surface area contributed by atoms with Gasteiger partial charge in [-0.25, -0.2) is 14.4 Å². The number of hydrogen-bond acceptors (Lipinski definition) is 26. The normalized spacial score (nSPS) is 14.8. The van der Waals surface area contributed by atoms with Gasteiger partial charge in [0, 0.05) is 48.1 Å². The number of carbonyl (C=O) groups is 13. The van der Waals surface area contributed by atoms with Crippen molar-refractivity contribution in [2.24, 2.45) is 5.73 Å². The number of fused-ring (bicyclic) bond motifs is 1. The first kappa shape index (κ1) is 79.8. The number of carbonyl (C=O) groups excluding carboxylic acids is 12. The molecule has 2 aromatic heterocycles. The zero-order valence-corrected chi connectivity index (χ0v) is 54.4. The van der Waals surface area contributed by atoms with Gasteiger partial charge >= 0.3 is 23.4 Å². The van der Waals surface area contributed by atoms with E-state index < -0.39 is 214 Å². The molecule has 0 bridgehead atoms. The number of aliphatic hydroxyl groups is 5. The molecule has 0 unspecified atom stereocenters. The van der Waals surface area contributed by atoms with Gasteiger partial charge in [-0.15, -0.1) is 0 Å². The number of carboxylic acids is 1. The first-order valence-electron chi connectivity index (χ1n) is 28.5. The van der Waals surface area contributed by atoms with E-state index >= 15 is 0 Å². The maximum Gasteiger partial charge on any atom is 0.413 e. The molecule has 0 aliphatic heterocycles. The van der Waals surface area contributed by atoms with E-state index in [1.165, 1.54) is 27.0 Å². The standard InChI is InChI=1S/C54H76BrN15O24S/c1-22(61-48(85)41(56)23(2)71)46(83)58-15-35(76)57-9-11-69(38(79)19-70-10-8-34(63-53(70)90)64-54(91)93-20-28-12-40(82)94-32-14-33(92-7)30(55)13-29(28)32)18-37(78)66-42(24(3)72)49(86)59-16-36(77)65-43(25(4)73)51(88)68-45(27(6)75)52(89)67-44(26(5)74)50(87)62-31(21-95)47(84)60-17-39(80)81/h8,10,12-14,22-27,31,41-45,71-75,95H,9,11,15-21,56H2,1-7H3,(H,57,76)(H,58,83)(H,59,86)(H,60,84)(H,61,85)(H,62,87)(H,65,77)(H,66,78)(H,67,89)(H,68,88)(H,80,81)(H,63,64,90,91)/t22-,23+,24+,25+,26+,27+,31-,41-,42-,43-,44-,45-/m0/s1. The number of nitrogens with zero attached hydrogens (tertiary/aromatic N) is 3. The number of aliphatic hydroxyl groups excluding tert-OH is 5. The van der Waals surface area contributed by atoms with Gasteiger partial charge in [-0.2, -0.15) is 17.6 Å². The van der Waals surface area contributed by atoms with Crippen molar-refractivity contribution in [3.63, 3.8) is 0 Å². The molecule has 12 atom stereocenters. The number of aromatic nitrogens is 2. The average Bonchev–Trinajstić information content (AvgIpc) is 0.799. The van der Waals surface area contributed by atoms with Crippen LogP contribution >= 0.6 is 28.6 Å². The van der Waals surface area contributed by atoms with Crippen LogP contribution in [0.4, 0.5) is 10.6 Å². The van der Waals surface area contributed by atoms with E-state index in [4.69, 9.17) is 24.7 Å². The van der Waals surface area contributed by atoms with E-state index in [9.17, 15) is 97.5 Å². The van der Waals surface area contributed by atoms with Crippen LogP contribution in [0.2, 0.25) is 0 Å². The molecule has 0 saturated heterocycles. The minimum atomic E-state index is -1.97. The average molecular weight is 1430 g/mol. The molecule has 41 heteroatoms. The summed E-state index contributed by atoms with van der Waals surface area (Å²) in [6, 6.07) is -6.56. The molecule has 12 amide bonds. The summed E-state index contributed by atoms with van der Waals surface area (Å²) in [6.07, 6.45) is -8.35. The highest BCUT2D eigenvalue weighted by atomic mass is 79.9. The van der Waals surface area contributed by atoms with Crippen LogP contribution in [0.5, 0.6) is 5.75 Å². The van der Waals surface area contributed by atoms with Gasteiger partial charge < -0.3 is 108 Å². The number of benzene rings is 1. The number of anilines is 1. The predicted octanol–water partition coefficient (Wildman–Crippen LogP) is -8.66. The third kappa shape index (κ3) is 25.8. The van der Waals surface area contributed by atoms with E-state index in [0.717, 1.165) is 55.5 Å². The van der Waals surface area contributed by atoms with Crippen LogP contribution < -0.4 is 80.3 Å². The second-order valence-electron chi connectivity index (χ2n) is 21.0. The second-order valence-corrected chi connectivity index (χ2v) is 22.2. The lowest BCUT2D eigenvalue weighted by Crippen LogP contribution is -2.63. The number of thiol groups is 1. The molecule has 39 nitrogen and oxygen atoms in total. The Labute approximate surface area is 552 Å². The van der Waals surface area contributed by atoms with Crippen molar-refractivity contribution in [2.75, 3.05) is 57.4 Å². The molecular formula is C54H76BrN15O24S. The van der Waals surface area contributed by atoms with E-state index in [-0.39, 0.29) is 22.7 Å². The Kier molecular flexibility index (Phi) is 32.0. The smallest absolute Gasteiger partial charge is 0.413 e. The summed E-state index contributed by atoms with van der Waals surface area (Å²) >= 11 is 7.28. The van der Waals surface area contributed by atoms with Crippen LogP contribution in [0.15, 0.2) is 48.9 Å². The van der Waals surface area contributed by atoms with Crippen molar-refractivity contribution in [3.8, 4) is 5.75 Å². The number of aliphatic carboxylic acids is 1. The molecule has 0 radical (unpaired) electrons. The zero-order chi connectivity index (χ0) is 71.7. The molecule has 0 saturated carbocycles. The van der Waals surface area contributed by atoms with Gasteiger partial charge in [-0.3, -0.25) is 67.4 Å². The molecule has 0 aliphatic carbocycles. The summed E-state index contributed by atoms with van der Waals surface area (Å²) in [5.74, 6) is -13.8. The lowest BCUT2D eigenvalue weighted by atomic mass is 10.1. The number of amides is 12. The predicted molar refractivity (Wildman–Crippen MR) is 333 cm³/mol. The van der Waals surface area contributed by atoms with Gasteiger partial charge in [0.25, 0.3) is 0 Å². The lowest BCUT2D eigenvalue weighted by Gasteiger charge is -2.29. The van der Waals surface area contributed by atoms with Crippen molar-refractivity contribution < 1.29 is 107 Å². The molecule has 3 rings (SSSR count). The number of hydrogen-bond donors (Lipinski definition) is 19. The van der Waals surface area contributed by atoms with Gasteiger partial charge in [0.15, 0.2) is 0 Å². The summed E-state index contributed by atoms with van der Waals surface area (Å²) in [5.41, 5.74) is 4.05. The molecule has 524 valence electrons. The number of ether oxygens (including phenoxy) is 2. The van der Waals surface area contributed by atoms with Crippen molar-refractivity contribution in [1.82, 2.24) is 67.6 Å². The fourth-order valence-corrected chi connectivity index (χ4v) is 8.76.